The molecule has 0 aliphatic rings. The zero-order valence-electron chi connectivity index (χ0n) is 12.3. The molecule has 0 radical (unpaired) electrons. The van der Waals surface area contributed by atoms with E-state index in [1.807, 2.05) is 52.0 Å². The molecule has 0 unspecified atom stereocenters. The van der Waals surface area contributed by atoms with Gasteiger partial charge in [-0.1, -0.05) is 12.1 Å². The zero-order valence-corrected chi connectivity index (χ0v) is 14.6. The van der Waals surface area contributed by atoms with E-state index in [4.69, 9.17) is 10.5 Å². The Hall–Kier alpha value is -1.31. The Morgan fingerprint density at radius 3 is 2.60 bits per heavy atom. The van der Waals surface area contributed by atoms with E-state index in [1.54, 1.807) is 0 Å². The highest BCUT2D eigenvalue weighted by Gasteiger charge is 2.15. The number of aliphatic imine (C=N–C) groups is 1. The van der Waals surface area contributed by atoms with Crippen molar-refractivity contribution in [1.29, 1.82) is 0 Å². The summed E-state index contributed by atoms with van der Waals surface area (Å²) in [6, 6.07) is 7.72. The Morgan fingerprint density at radius 1 is 1.40 bits per heavy atom. The van der Waals surface area contributed by atoms with Crippen molar-refractivity contribution >= 4 is 41.6 Å². The lowest BCUT2D eigenvalue weighted by Crippen LogP contribution is -2.28. The van der Waals surface area contributed by atoms with E-state index < -0.39 is 11.6 Å². The van der Waals surface area contributed by atoms with Crippen LogP contribution in [0.3, 0.4) is 0 Å². The lowest BCUT2D eigenvalue weighted by Gasteiger charge is -2.18. The first kappa shape index (κ1) is 18.7. The molecule has 20 heavy (non-hydrogen) atoms. The van der Waals surface area contributed by atoms with Crippen molar-refractivity contribution in [3.05, 3.63) is 29.8 Å². The quantitative estimate of drug-likeness (QED) is 0.360. The topological polar surface area (TPSA) is 76.7 Å². The second kappa shape index (κ2) is 8.08. The largest absolute Gasteiger partial charge is 0.459 e. The smallest absolute Gasteiger partial charge is 0.328 e. The van der Waals surface area contributed by atoms with E-state index in [-0.39, 0.29) is 36.5 Å². The molecule has 0 saturated heterocycles. The summed E-state index contributed by atoms with van der Waals surface area (Å²) in [5, 5.41) is 2.92. The number of rotatable bonds is 3. The van der Waals surface area contributed by atoms with Crippen LogP contribution in [0.4, 0.5) is 5.69 Å². The number of esters is 1. The maximum atomic E-state index is 11.5. The summed E-state index contributed by atoms with van der Waals surface area (Å²) < 4.78 is 5.13. The molecule has 0 atom stereocenters. The maximum absolute atomic E-state index is 11.5. The number of hydrogen-bond acceptors (Lipinski definition) is 3. The first-order valence-electron chi connectivity index (χ1n) is 6.12. The van der Waals surface area contributed by atoms with Gasteiger partial charge in [0, 0.05) is 5.69 Å². The number of benzene rings is 1. The van der Waals surface area contributed by atoms with Crippen LogP contribution in [0.5, 0.6) is 0 Å². The van der Waals surface area contributed by atoms with Crippen LogP contribution in [-0.2, 0) is 9.53 Å². The second-order valence-corrected chi connectivity index (χ2v) is 5.28. The number of hydrogen-bond donors (Lipinski definition) is 2. The molecule has 0 aliphatic heterocycles. The van der Waals surface area contributed by atoms with Crippen LogP contribution in [0.2, 0.25) is 0 Å². The minimum atomic E-state index is -0.509. The van der Waals surface area contributed by atoms with Crippen molar-refractivity contribution in [2.75, 3.05) is 11.9 Å². The third kappa shape index (κ3) is 7.98. The molecule has 0 aromatic heterocycles. The van der Waals surface area contributed by atoms with Gasteiger partial charge in [-0.2, -0.15) is 0 Å². The molecule has 0 bridgehead atoms. The highest BCUT2D eigenvalue weighted by Crippen LogP contribution is 2.09. The summed E-state index contributed by atoms with van der Waals surface area (Å²) >= 11 is 0. The van der Waals surface area contributed by atoms with Crippen LogP contribution in [0.15, 0.2) is 29.3 Å². The molecule has 5 nitrogen and oxygen atoms in total. The molecule has 1 aromatic rings. The van der Waals surface area contributed by atoms with Gasteiger partial charge in [0.25, 0.3) is 0 Å². The van der Waals surface area contributed by atoms with Gasteiger partial charge in [-0.15, -0.1) is 24.0 Å². The summed E-state index contributed by atoms with van der Waals surface area (Å²) in [4.78, 5) is 15.4. The number of carbonyl (C=O) groups excluding carboxylic acids is 1. The number of aryl methyl sites for hydroxylation is 1. The van der Waals surface area contributed by atoms with Crippen LogP contribution in [-0.4, -0.2) is 24.1 Å². The second-order valence-electron chi connectivity index (χ2n) is 5.28. The minimum absolute atomic E-state index is 0. The maximum Gasteiger partial charge on any atom is 0.328 e. The van der Waals surface area contributed by atoms with Crippen LogP contribution < -0.4 is 11.1 Å². The summed E-state index contributed by atoms with van der Waals surface area (Å²) in [6.45, 7) is 7.32. The van der Waals surface area contributed by atoms with Crippen LogP contribution in [0.1, 0.15) is 26.3 Å². The molecule has 0 aliphatic carbocycles. The lowest BCUT2D eigenvalue weighted by molar-refractivity contribution is -0.152. The zero-order chi connectivity index (χ0) is 14.5. The third-order valence-electron chi connectivity index (χ3n) is 2.09. The highest BCUT2D eigenvalue weighted by molar-refractivity contribution is 14.0. The van der Waals surface area contributed by atoms with Crippen LogP contribution in [0.25, 0.3) is 0 Å². The SMILES string of the molecule is Cc1cccc(NC(N)=NCC(=O)OC(C)(C)C)c1.I. The lowest BCUT2D eigenvalue weighted by atomic mass is 10.2. The number of nitrogens with zero attached hydrogens (tertiary/aromatic N) is 1. The summed E-state index contributed by atoms with van der Waals surface area (Å²) in [6.07, 6.45) is 0. The molecule has 1 aromatic carbocycles. The van der Waals surface area contributed by atoms with Gasteiger partial charge >= 0.3 is 5.97 Å². The summed E-state index contributed by atoms with van der Waals surface area (Å²) in [5.74, 6) is -0.210. The molecule has 3 N–H and O–H groups in total. The standard InChI is InChI=1S/C14H21N3O2.HI/c1-10-6-5-7-11(8-10)17-13(15)16-9-12(18)19-14(2,3)4;/h5-8H,9H2,1-4H3,(H3,15,16,17);1H. The molecule has 0 saturated carbocycles. The molecular weight excluding hydrogens is 369 g/mol. The van der Waals surface area contributed by atoms with Crippen molar-refractivity contribution < 1.29 is 9.53 Å². The average Bonchev–Trinajstić information content (AvgIpc) is 2.24. The number of carbonyl (C=O) groups is 1. The molecule has 0 heterocycles. The molecule has 6 heteroatoms. The van der Waals surface area contributed by atoms with Gasteiger partial charge in [-0.3, -0.25) is 4.79 Å². The number of ether oxygens (including phenoxy) is 1. The number of halogens is 1. The first-order valence-corrected chi connectivity index (χ1v) is 6.12. The van der Waals surface area contributed by atoms with Gasteiger partial charge in [0.1, 0.15) is 12.1 Å². The van der Waals surface area contributed by atoms with Gasteiger partial charge in [-0.05, 0) is 45.4 Å². The van der Waals surface area contributed by atoms with Crippen molar-refractivity contribution in [3.8, 4) is 0 Å². The van der Waals surface area contributed by atoms with Gasteiger partial charge < -0.3 is 15.8 Å². The fourth-order valence-electron chi connectivity index (χ4n) is 1.43. The monoisotopic (exact) mass is 391 g/mol. The van der Waals surface area contributed by atoms with E-state index >= 15 is 0 Å². The first-order chi connectivity index (χ1) is 8.76. The highest BCUT2D eigenvalue weighted by atomic mass is 127. The van der Waals surface area contributed by atoms with E-state index in [2.05, 4.69) is 10.3 Å². The van der Waals surface area contributed by atoms with Crippen molar-refractivity contribution in [3.63, 3.8) is 0 Å². The Labute approximate surface area is 137 Å². The van der Waals surface area contributed by atoms with Crippen molar-refractivity contribution in [2.45, 2.75) is 33.3 Å². The van der Waals surface area contributed by atoms with Crippen molar-refractivity contribution in [1.82, 2.24) is 0 Å². The molecule has 0 spiro atoms. The number of anilines is 1. The van der Waals surface area contributed by atoms with Gasteiger partial charge in [0.2, 0.25) is 0 Å². The number of nitrogens with one attached hydrogen (secondary N) is 1. The Kier molecular flexibility index (Phi) is 7.55. The minimum Gasteiger partial charge on any atom is -0.459 e. The van der Waals surface area contributed by atoms with Gasteiger partial charge in [-0.25, -0.2) is 4.99 Å². The molecular formula is C14H22IN3O2. The Morgan fingerprint density at radius 2 is 2.05 bits per heavy atom. The number of guanidine groups is 1. The predicted octanol–water partition coefficient (Wildman–Crippen LogP) is 2.68. The van der Waals surface area contributed by atoms with E-state index in [0.29, 0.717) is 0 Å². The Bertz CT molecular complexity index is 482. The van der Waals surface area contributed by atoms with Crippen LogP contribution in [0, 0.1) is 6.92 Å². The fraction of sp³-hybridized carbons (Fsp3) is 0.429. The van der Waals surface area contributed by atoms with Gasteiger partial charge in [0.05, 0.1) is 0 Å². The van der Waals surface area contributed by atoms with E-state index in [0.717, 1.165) is 11.3 Å². The summed E-state index contributed by atoms with van der Waals surface area (Å²) in [7, 11) is 0. The molecule has 0 fully saturated rings. The summed E-state index contributed by atoms with van der Waals surface area (Å²) in [5.41, 5.74) is 7.14. The molecule has 112 valence electrons. The third-order valence-corrected chi connectivity index (χ3v) is 2.09. The van der Waals surface area contributed by atoms with E-state index in [1.165, 1.54) is 0 Å². The number of nitrogens with two attached hydrogens (primary N) is 1. The molecule has 0 amide bonds. The fourth-order valence-corrected chi connectivity index (χ4v) is 1.43. The average molecular weight is 391 g/mol. The predicted molar refractivity (Wildman–Crippen MR) is 92.6 cm³/mol. The normalized spacial score (nSPS) is 11.5. The molecule has 1 rings (SSSR count). The Balaban J connectivity index is 0.00000361. The van der Waals surface area contributed by atoms with Gasteiger partial charge in [0.15, 0.2) is 5.96 Å². The van der Waals surface area contributed by atoms with Crippen molar-refractivity contribution in [2.24, 2.45) is 10.7 Å². The van der Waals surface area contributed by atoms with E-state index in [9.17, 15) is 4.79 Å². The van der Waals surface area contributed by atoms with Crippen LogP contribution >= 0.6 is 24.0 Å².